The molecular weight excluding hydrogens is 493 g/mol. The number of H-pyrrole nitrogens is 1. The molecule has 3 heterocycles. The van der Waals surface area contributed by atoms with E-state index in [0.29, 0.717) is 11.3 Å². The highest BCUT2D eigenvalue weighted by Gasteiger charge is 2.25. The molecule has 12 heteroatoms. The summed E-state index contributed by atoms with van der Waals surface area (Å²) < 4.78 is 5.92. The van der Waals surface area contributed by atoms with Gasteiger partial charge in [-0.05, 0) is 23.6 Å². The van der Waals surface area contributed by atoms with Crippen molar-refractivity contribution in [2.24, 2.45) is 10.8 Å². The van der Waals surface area contributed by atoms with Gasteiger partial charge in [-0.25, -0.2) is 9.89 Å². The van der Waals surface area contributed by atoms with Crippen LogP contribution in [0.2, 0.25) is 10.0 Å². The van der Waals surface area contributed by atoms with Gasteiger partial charge in [0, 0.05) is 17.6 Å². The Morgan fingerprint density at radius 2 is 1.74 bits per heavy atom. The zero-order valence-corrected chi connectivity index (χ0v) is 19.3. The summed E-state index contributed by atoms with van der Waals surface area (Å²) in [5.74, 6) is 0.109. The maximum Gasteiger partial charge on any atom is 0.347 e. The average molecular weight is 508 g/mol. The van der Waals surface area contributed by atoms with Crippen LogP contribution in [-0.4, -0.2) is 27.0 Å². The molecular formula is C23H15Cl2N7O3. The minimum atomic E-state index is -0.586. The predicted molar refractivity (Wildman–Crippen MR) is 134 cm³/mol. The van der Waals surface area contributed by atoms with Crippen LogP contribution in [0, 0.1) is 0 Å². The molecule has 2 aromatic heterocycles. The van der Waals surface area contributed by atoms with Crippen molar-refractivity contribution in [2.45, 2.75) is 0 Å². The number of carbonyl (C=O) groups excluding carboxylic acids is 1. The van der Waals surface area contributed by atoms with Gasteiger partial charge in [0.25, 0.3) is 5.56 Å². The maximum absolute atomic E-state index is 12.3. The number of hydrazone groups is 1. The minimum absolute atomic E-state index is 0.0261. The first-order valence-corrected chi connectivity index (χ1v) is 10.8. The van der Waals surface area contributed by atoms with E-state index in [1.165, 1.54) is 18.2 Å². The number of nitrogens with zero attached hydrogens (tertiary/aromatic N) is 4. The van der Waals surface area contributed by atoms with Gasteiger partial charge in [-0.2, -0.15) is 5.01 Å². The lowest BCUT2D eigenvalue weighted by atomic mass is 10.1. The third-order valence-corrected chi connectivity index (χ3v) is 5.64. The van der Waals surface area contributed by atoms with Gasteiger partial charge in [0.05, 0.1) is 32.7 Å². The second-order valence-corrected chi connectivity index (χ2v) is 8.23. The molecule has 0 unspecified atom stereocenters. The van der Waals surface area contributed by atoms with Crippen molar-refractivity contribution < 1.29 is 9.53 Å². The highest BCUT2D eigenvalue weighted by atomic mass is 35.5. The summed E-state index contributed by atoms with van der Waals surface area (Å²) in [6.07, 6.45) is 1.69. The van der Waals surface area contributed by atoms with Gasteiger partial charge in [-0.15, -0.1) is 10.2 Å². The molecule has 0 atom stereocenters. The number of aromatic amines is 1. The zero-order chi connectivity index (χ0) is 24.7. The maximum atomic E-state index is 12.3. The minimum Gasteiger partial charge on any atom is -0.434 e. The molecule has 0 fully saturated rings. The van der Waals surface area contributed by atoms with Gasteiger partial charge in [-0.3, -0.25) is 9.78 Å². The Morgan fingerprint density at radius 1 is 1.03 bits per heavy atom. The molecule has 0 saturated heterocycles. The average Bonchev–Trinajstić information content (AvgIpc) is 2.84. The van der Waals surface area contributed by atoms with Crippen LogP contribution in [-0.2, 0) is 0 Å². The molecule has 4 aromatic rings. The van der Waals surface area contributed by atoms with Crippen molar-refractivity contribution in [2.75, 3.05) is 5.01 Å². The lowest BCUT2D eigenvalue weighted by Gasteiger charge is -2.24. The Labute approximate surface area is 207 Å². The molecule has 0 saturated carbocycles. The topological polar surface area (TPSA) is 139 Å². The van der Waals surface area contributed by atoms with E-state index in [2.05, 4.69) is 32.2 Å². The lowest BCUT2D eigenvalue weighted by molar-refractivity contribution is 0.248. The standard InChI is InChI=1S/C23H15Cl2N7O3/c1-11-21(26)31-32(23(34)28-11)14-7-16(24)20(17(25)8-14)35-22-15(9-19(33)29-30-22)18-6-12-4-2-3-5-13(12)10-27-18/h2-10H,1H2,(H2,26,31)(H,28,34)(H,29,33). The molecule has 1 aliphatic heterocycles. The normalized spacial score (nSPS) is 13.5. The molecule has 4 N–H and O–H groups in total. The van der Waals surface area contributed by atoms with Crippen LogP contribution in [0.3, 0.4) is 0 Å². The van der Waals surface area contributed by atoms with E-state index < -0.39 is 11.6 Å². The number of aromatic nitrogens is 3. The van der Waals surface area contributed by atoms with E-state index in [1.54, 1.807) is 6.20 Å². The first-order chi connectivity index (χ1) is 16.8. The van der Waals surface area contributed by atoms with E-state index in [4.69, 9.17) is 33.7 Å². The Balaban J connectivity index is 1.54. The first kappa shape index (κ1) is 22.4. The number of rotatable bonds is 4. The van der Waals surface area contributed by atoms with E-state index in [1.807, 2.05) is 30.3 Å². The van der Waals surface area contributed by atoms with E-state index in [0.717, 1.165) is 15.8 Å². The van der Waals surface area contributed by atoms with Crippen LogP contribution >= 0.6 is 23.2 Å². The number of nitrogens with one attached hydrogen (secondary N) is 2. The lowest BCUT2D eigenvalue weighted by Crippen LogP contribution is -2.45. The molecule has 174 valence electrons. The number of anilines is 1. The molecule has 2 amide bonds. The molecule has 0 radical (unpaired) electrons. The Morgan fingerprint density at radius 3 is 2.49 bits per heavy atom. The Kier molecular flexibility index (Phi) is 5.59. The number of nitrogens with two attached hydrogens (primary N) is 1. The SMILES string of the molecule is C=C1NC(=O)N(c2cc(Cl)c(Oc3n[nH]c(=O)cc3-c3cc4ccccc4cn3)c(Cl)c2)N=C1N. The third kappa shape index (κ3) is 4.27. The highest BCUT2D eigenvalue weighted by Crippen LogP contribution is 2.41. The van der Waals surface area contributed by atoms with Gasteiger partial charge < -0.3 is 15.8 Å². The van der Waals surface area contributed by atoms with Crippen LogP contribution in [0.4, 0.5) is 10.5 Å². The molecule has 0 aliphatic carbocycles. The van der Waals surface area contributed by atoms with E-state index >= 15 is 0 Å². The van der Waals surface area contributed by atoms with Crippen molar-refractivity contribution in [3.8, 4) is 22.9 Å². The molecule has 10 nitrogen and oxygen atoms in total. The summed E-state index contributed by atoms with van der Waals surface area (Å²) in [6.45, 7) is 3.60. The van der Waals surface area contributed by atoms with Crippen molar-refractivity contribution in [1.29, 1.82) is 0 Å². The molecule has 5 rings (SSSR count). The number of pyridine rings is 1. The second kappa shape index (κ2) is 8.75. The number of hydrogen-bond donors (Lipinski definition) is 3. The van der Waals surface area contributed by atoms with Gasteiger partial charge in [0.15, 0.2) is 11.6 Å². The number of amides is 2. The van der Waals surface area contributed by atoms with Crippen LogP contribution in [0.25, 0.3) is 22.0 Å². The van der Waals surface area contributed by atoms with Gasteiger partial charge in [0.1, 0.15) is 0 Å². The van der Waals surface area contributed by atoms with Crippen LogP contribution in [0.1, 0.15) is 0 Å². The summed E-state index contributed by atoms with van der Waals surface area (Å²) in [4.78, 5) is 28.8. The summed E-state index contributed by atoms with van der Waals surface area (Å²) >= 11 is 12.9. The van der Waals surface area contributed by atoms with Gasteiger partial charge >= 0.3 is 6.03 Å². The Hall–Kier alpha value is -4.41. The number of halogens is 2. The zero-order valence-electron chi connectivity index (χ0n) is 17.8. The fraction of sp³-hybridized carbons (Fsp3) is 0. The molecule has 0 bridgehead atoms. The number of carbonyl (C=O) groups is 1. The van der Waals surface area contributed by atoms with Crippen molar-refractivity contribution in [3.05, 3.63) is 87.4 Å². The number of hydrogen-bond acceptors (Lipinski definition) is 7. The smallest absolute Gasteiger partial charge is 0.347 e. The van der Waals surface area contributed by atoms with Crippen LogP contribution in [0.15, 0.2) is 76.9 Å². The number of urea groups is 1. The number of benzene rings is 2. The largest absolute Gasteiger partial charge is 0.434 e. The second-order valence-electron chi connectivity index (χ2n) is 7.41. The van der Waals surface area contributed by atoms with Crippen molar-refractivity contribution in [3.63, 3.8) is 0 Å². The van der Waals surface area contributed by atoms with Crippen LogP contribution in [0.5, 0.6) is 11.6 Å². The monoisotopic (exact) mass is 507 g/mol. The molecule has 2 aromatic carbocycles. The van der Waals surface area contributed by atoms with Crippen molar-refractivity contribution >= 4 is 51.5 Å². The van der Waals surface area contributed by atoms with Crippen molar-refractivity contribution in [1.82, 2.24) is 20.5 Å². The van der Waals surface area contributed by atoms with Crippen LogP contribution < -0.4 is 26.4 Å². The summed E-state index contributed by atoms with van der Waals surface area (Å²) in [5, 5.41) is 15.8. The quantitative estimate of drug-likeness (QED) is 0.374. The van der Waals surface area contributed by atoms with Gasteiger partial charge in [0.2, 0.25) is 5.88 Å². The fourth-order valence-corrected chi connectivity index (χ4v) is 3.93. The fourth-order valence-electron chi connectivity index (χ4n) is 3.38. The molecule has 35 heavy (non-hydrogen) atoms. The van der Waals surface area contributed by atoms with E-state index in [-0.39, 0.29) is 38.9 Å². The highest BCUT2D eigenvalue weighted by molar-refractivity contribution is 6.37. The predicted octanol–water partition coefficient (Wildman–Crippen LogP) is 4.40. The summed E-state index contributed by atoms with van der Waals surface area (Å²) in [6, 6.07) is 13.1. The Bertz CT molecular complexity index is 1590. The third-order valence-electron chi connectivity index (χ3n) is 5.07. The number of ether oxygens (including phenoxy) is 1. The summed E-state index contributed by atoms with van der Waals surface area (Å²) in [7, 11) is 0. The first-order valence-electron chi connectivity index (χ1n) is 10.1. The molecule has 1 aliphatic rings. The summed E-state index contributed by atoms with van der Waals surface area (Å²) in [5.41, 5.74) is 6.54. The van der Waals surface area contributed by atoms with Gasteiger partial charge in [-0.1, -0.05) is 54.0 Å². The van der Waals surface area contributed by atoms with E-state index in [9.17, 15) is 9.59 Å². The number of fused-ring (bicyclic) bond motifs is 1. The number of amidine groups is 1. The molecule has 0 spiro atoms.